The third-order valence-electron chi connectivity index (χ3n) is 7.58. The number of amides is 1. The van der Waals surface area contributed by atoms with Crippen LogP contribution in [0.15, 0.2) is 17.5 Å². The van der Waals surface area contributed by atoms with Crippen LogP contribution in [-0.4, -0.2) is 61.4 Å². The van der Waals surface area contributed by atoms with E-state index in [1.54, 1.807) is 7.05 Å². The smallest absolute Gasteiger partial charge is 0.450 e. The van der Waals surface area contributed by atoms with E-state index < -0.39 is 6.16 Å². The van der Waals surface area contributed by atoms with Crippen molar-refractivity contribution in [3.63, 3.8) is 0 Å². The predicted molar refractivity (Wildman–Crippen MR) is 135 cm³/mol. The summed E-state index contributed by atoms with van der Waals surface area (Å²) in [5.41, 5.74) is 3.71. The van der Waals surface area contributed by atoms with Gasteiger partial charge in [0.05, 0.1) is 23.0 Å². The van der Waals surface area contributed by atoms with Crippen LogP contribution in [-0.2, 0) is 16.2 Å². The molecule has 0 radical (unpaired) electrons. The fraction of sp³-hybridized carbons (Fsp3) is 0.640. The van der Waals surface area contributed by atoms with Crippen molar-refractivity contribution in [2.45, 2.75) is 89.3 Å². The summed E-state index contributed by atoms with van der Waals surface area (Å²) in [7, 11) is 1.71. The van der Waals surface area contributed by atoms with E-state index in [-0.39, 0.29) is 17.4 Å². The molecule has 3 heterocycles. The summed E-state index contributed by atoms with van der Waals surface area (Å²) in [6.45, 7) is 2.88. The number of nitrogens with one attached hydrogen (secondary N) is 2. The van der Waals surface area contributed by atoms with Crippen molar-refractivity contribution in [3.05, 3.63) is 18.0 Å². The number of pyridine rings is 1. The Kier molecular flexibility index (Phi) is 7.95. The average Bonchev–Trinajstić information content (AvgIpc) is 3.49. The second-order valence-electron chi connectivity index (χ2n) is 9.88. The first kappa shape index (κ1) is 25.7. The molecule has 5 rings (SSSR count). The first-order chi connectivity index (χ1) is 17.4. The lowest BCUT2D eigenvalue weighted by atomic mass is 9.75. The number of hydrogen-bond donors (Lipinski definition) is 4. The molecule has 11 heteroatoms. The van der Waals surface area contributed by atoms with Crippen LogP contribution in [0.2, 0.25) is 0 Å². The molecule has 11 nitrogen and oxygen atoms in total. The normalized spacial score (nSPS) is 23.9. The lowest BCUT2D eigenvalue weighted by Crippen LogP contribution is -2.39. The number of carbonyl (C=O) groups excluding carboxylic acids is 1. The minimum Gasteiger partial charge on any atom is -0.450 e. The van der Waals surface area contributed by atoms with Crippen molar-refractivity contribution in [1.82, 2.24) is 20.1 Å². The summed E-state index contributed by atoms with van der Waals surface area (Å²) in [6, 6.07) is 0.470. The van der Waals surface area contributed by atoms with Gasteiger partial charge in [-0.25, -0.2) is 14.5 Å². The van der Waals surface area contributed by atoms with E-state index >= 15 is 0 Å². The van der Waals surface area contributed by atoms with Crippen LogP contribution < -0.4 is 10.6 Å². The second-order valence-corrected chi connectivity index (χ2v) is 9.88. The SMILES string of the molecule is CCn1ncc2c(NC3CCCCC3)c(C3=NOC4(CCC(C(=O)NC)CC4)C3)cnc21.O=C(O)O. The molecule has 0 saturated heterocycles. The van der Waals surface area contributed by atoms with E-state index in [9.17, 15) is 4.79 Å². The lowest BCUT2D eigenvalue weighted by molar-refractivity contribution is -0.128. The largest absolute Gasteiger partial charge is 0.503 e. The van der Waals surface area contributed by atoms with E-state index in [1.807, 2.05) is 17.1 Å². The molecule has 1 aliphatic heterocycles. The van der Waals surface area contributed by atoms with Gasteiger partial charge in [0, 0.05) is 43.7 Å². The number of nitrogens with zero attached hydrogens (tertiary/aromatic N) is 4. The number of carboxylic acid groups (broad SMARTS) is 2. The number of rotatable bonds is 5. The van der Waals surface area contributed by atoms with Crippen LogP contribution >= 0.6 is 0 Å². The second kappa shape index (κ2) is 11.1. The first-order valence-corrected chi connectivity index (χ1v) is 12.9. The van der Waals surface area contributed by atoms with Crippen LogP contribution in [0.3, 0.4) is 0 Å². The zero-order valence-electron chi connectivity index (χ0n) is 21.0. The highest BCUT2D eigenvalue weighted by Gasteiger charge is 2.44. The lowest BCUT2D eigenvalue weighted by Gasteiger charge is -2.34. The zero-order chi connectivity index (χ0) is 25.7. The number of anilines is 1. The van der Waals surface area contributed by atoms with Gasteiger partial charge in [-0.2, -0.15) is 5.10 Å². The highest BCUT2D eigenvalue weighted by Crippen LogP contribution is 2.43. The Hall–Kier alpha value is -3.37. The standard InChI is InChI=1S/C24H34N6O2.CH2O3/c1-3-30-22-19(15-27-30)21(28-17-7-5-4-6-8-17)18(14-26-22)20-13-24(32-29-20)11-9-16(10-12-24)23(31)25-2;2-1(3)4/h14-17H,3-13H2,1-2H3,(H,25,31)(H,26,28);(H2,2,3,4). The van der Waals surface area contributed by atoms with Crippen molar-refractivity contribution < 1.29 is 24.6 Å². The van der Waals surface area contributed by atoms with Crippen LogP contribution in [0.25, 0.3) is 11.0 Å². The molecule has 1 spiro atoms. The fourth-order valence-electron chi connectivity index (χ4n) is 5.63. The topological polar surface area (TPSA) is 151 Å². The van der Waals surface area contributed by atoms with Crippen molar-refractivity contribution in [2.24, 2.45) is 11.1 Å². The molecule has 2 fully saturated rings. The third-order valence-corrected chi connectivity index (χ3v) is 7.58. The number of aromatic nitrogens is 3. The molecule has 196 valence electrons. The van der Waals surface area contributed by atoms with E-state index in [4.69, 9.17) is 24.8 Å². The number of fused-ring (bicyclic) bond motifs is 1. The molecular weight excluding hydrogens is 464 g/mol. The maximum atomic E-state index is 12.0. The highest BCUT2D eigenvalue weighted by molar-refractivity contribution is 6.10. The van der Waals surface area contributed by atoms with Gasteiger partial charge in [-0.3, -0.25) is 4.79 Å². The average molecular weight is 501 g/mol. The molecule has 2 saturated carbocycles. The van der Waals surface area contributed by atoms with Crippen LogP contribution in [0.4, 0.5) is 10.5 Å². The Balaban J connectivity index is 0.000000709. The molecule has 3 aliphatic rings. The van der Waals surface area contributed by atoms with Crippen molar-refractivity contribution in [2.75, 3.05) is 12.4 Å². The van der Waals surface area contributed by atoms with Gasteiger partial charge < -0.3 is 25.7 Å². The van der Waals surface area contributed by atoms with Crippen molar-refractivity contribution in [1.29, 1.82) is 0 Å². The Bertz CT molecular complexity index is 1110. The summed E-state index contributed by atoms with van der Waals surface area (Å²) in [6.07, 6.45) is 12.5. The molecular formula is C25H36N6O5. The van der Waals surface area contributed by atoms with Gasteiger partial charge in [-0.1, -0.05) is 24.4 Å². The maximum absolute atomic E-state index is 12.0. The van der Waals surface area contributed by atoms with Crippen LogP contribution in [0.1, 0.15) is 76.7 Å². The Labute approximate surface area is 210 Å². The Morgan fingerprint density at radius 2 is 1.83 bits per heavy atom. The molecule has 36 heavy (non-hydrogen) atoms. The summed E-state index contributed by atoms with van der Waals surface area (Å²) >= 11 is 0. The number of oxime groups is 1. The van der Waals surface area contributed by atoms with Gasteiger partial charge >= 0.3 is 6.16 Å². The minimum absolute atomic E-state index is 0.0831. The van der Waals surface area contributed by atoms with E-state index in [0.29, 0.717) is 6.04 Å². The molecule has 1 amide bonds. The van der Waals surface area contributed by atoms with Gasteiger partial charge in [0.25, 0.3) is 0 Å². The molecule has 0 aromatic carbocycles. The van der Waals surface area contributed by atoms with E-state index in [2.05, 4.69) is 27.8 Å². The van der Waals surface area contributed by atoms with Gasteiger partial charge in [-0.15, -0.1) is 0 Å². The summed E-state index contributed by atoms with van der Waals surface area (Å²) < 4.78 is 1.94. The summed E-state index contributed by atoms with van der Waals surface area (Å²) in [5.74, 6) is 0.222. The predicted octanol–water partition coefficient (Wildman–Crippen LogP) is 4.22. The minimum atomic E-state index is -1.83. The molecule has 2 aromatic heterocycles. The third kappa shape index (κ3) is 5.55. The molecule has 0 atom stereocenters. The number of carbonyl (C=O) groups is 2. The number of aryl methyl sites for hydroxylation is 1. The summed E-state index contributed by atoms with van der Waals surface area (Å²) in [5, 5.41) is 30.8. The van der Waals surface area contributed by atoms with Crippen LogP contribution in [0, 0.1) is 5.92 Å². The van der Waals surface area contributed by atoms with Crippen molar-refractivity contribution >= 4 is 34.5 Å². The quantitative estimate of drug-likeness (QED) is 0.476. The fourth-order valence-corrected chi connectivity index (χ4v) is 5.63. The monoisotopic (exact) mass is 500 g/mol. The molecule has 0 unspecified atom stereocenters. The molecule has 0 bridgehead atoms. The zero-order valence-corrected chi connectivity index (χ0v) is 21.0. The maximum Gasteiger partial charge on any atom is 0.503 e. The van der Waals surface area contributed by atoms with E-state index in [1.165, 1.54) is 32.1 Å². The molecule has 2 aliphatic carbocycles. The first-order valence-electron chi connectivity index (χ1n) is 12.9. The number of hydrogen-bond acceptors (Lipinski definition) is 7. The Morgan fingerprint density at radius 3 is 2.47 bits per heavy atom. The highest BCUT2D eigenvalue weighted by atomic mass is 16.7. The van der Waals surface area contributed by atoms with Crippen molar-refractivity contribution in [3.8, 4) is 0 Å². The van der Waals surface area contributed by atoms with Gasteiger partial charge in [-0.05, 0) is 45.4 Å². The van der Waals surface area contributed by atoms with Gasteiger partial charge in [0.2, 0.25) is 5.91 Å². The summed E-state index contributed by atoms with van der Waals surface area (Å²) in [4.78, 5) is 31.4. The molecule has 2 aromatic rings. The Morgan fingerprint density at radius 1 is 1.14 bits per heavy atom. The van der Waals surface area contributed by atoms with Gasteiger partial charge in [0.15, 0.2) is 5.65 Å². The van der Waals surface area contributed by atoms with Crippen LogP contribution in [0.5, 0.6) is 0 Å². The van der Waals surface area contributed by atoms with Gasteiger partial charge in [0.1, 0.15) is 5.60 Å². The molecule has 4 N–H and O–H groups in total. The van der Waals surface area contributed by atoms with E-state index in [0.717, 1.165) is 66.6 Å².